The molecule has 0 radical (unpaired) electrons. The predicted molar refractivity (Wildman–Crippen MR) is 43.9 cm³/mol. The smallest absolute Gasteiger partial charge is 0.00865 e. The van der Waals surface area contributed by atoms with Crippen molar-refractivity contribution in [2.45, 2.75) is 19.3 Å². The van der Waals surface area contributed by atoms with Crippen LogP contribution in [-0.4, -0.2) is 13.6 Å². The molecule has 2 heteroatoms. The molecular weight excluding hydrogens is 134 g/mol. The van der Waals surface area contributed by atoms with Gasteiger partial charge in [0.05, 0.1) is 0 Å². The molecule has 1 N–H and O–H groups in total. The van der Waals surface area contributed by atoms with Gasteiger partial charge >= 0.3 is 0 Å². The van der Waals surface area contributed by atoms with Crippen molar-refractivity contribution in [3.05, 3.63) is 0 Å². The number of terminal acetylenes is 1. The standard InChI is InChI=1S/C7H13N.ClH/c1-3-4-5-6-7-8-2;/h1,8H,4-7H2,2H3;1H. The van der Waals surface area contributed by atoms with Crippen LogP contribution in [-0.2, 0) is 0 Å². The van der Waals surface area contributed by atoms with Crippen molar-refractivity contribution in [2.24, 2.45) is 0 Å². The van der Waals surface area contributed by atoms with Crippen molar-refractivity contribution in [2.75, 3.05) is 13.6 Å². The lowest BCUT2D eigenvalue weighted by Gasteiger charge is -1.93. The third-order valence-corrected chi connectivity index (χ3v) is 0.998. The Balaban J connectivity index is 0. The van der Waals surface area contributed by atoms with Gasteiger partial charge in [-0.3, -0.25) is 0 Å². The first kappa shape index (κ1) is 11.6. The van der Waals surface area contributed by atoms with E-state index in [0.29, 0.717) is 0 Å². The number of rotatable bonds is 4. The molecule has 0 aromatic carbocycles. The highest BCUT2D eigenvalue weighted by molar-refractivity contribution is 5.85. The van der Waals surface area contributed by atoms with Crippen LogP contribution >= 0.6 is 12.4 Å². The zero-order chi connectivity index (χ0) is 6.24. The van der Waals surface area contributed by atoms with Crippen LogP contribution in [0.25, 0.3) is 0 Å². The lowest BCUT2D eigenvalue weighted by Crippen LogP contribution is -2.06. The summed E-state index contributed by atoms with van der Waals surface area (Å²) >= 11 is 0. The highest BCUT2D eigenvalue weighted by Crippen LogP contribution is 1.89. The fourth-order valence-electron chi connectivity index (χ4n) is 0.529. The molecule has 0 fully saturated rings. The summed E-state index contributed by atoms with van der Waals surface area (Å²) in [4.78, 5) is 0. The molecule has 0 saturated heterocycles. The van der Waals surface area contributed by atoms with Crippen LogP contribution in [0, 0.1) is 12.3 Å². The summed E-state index contributed by atoms with van der Waals surface area (Å²) in [6.07, 6.45) is 8.30. The van der Waals surface area contributed by atoms with E-state index < -0.39 is 0 Å². The molecule has 0 heterocycles. The zero-order valence-electron chi connectivity index (χ0n) is 5.81. The van der Waals surface area contributed by atoms with Crippen LogP contribution in [0.1, 0.15) is 19.3 Å². The first-order valence-electron chi connectivity index (χ1n) is 3.00. The maximum absolute atomic E-state index is 5.04. The van der Waals surface area contributed by atoms with Gasteiger partial charge in [-0.25, -0.2) is 0 Å². The first-order chi connectivity index (χ1) is 3.91. The number of nitrogens with one attached hydrogen (secondary N) is 1. The average Bonchev–Trinajstić information content (AvgIpc) is 1.81. The molecule has 0 saturated carbocycles. The summed E-state index contributed by atoms with van der Waals surface area (Å²) in [5.41, 5.74) is 0. The molecule has 0 atom stereocenters. The average molecular weight is 148 g/mol. The van der Waals surface area contributed by atoms with Crippen LogP contribution in [0.5, 0.6) is 0 Å². The second-order valence-electron chi connectivity index (χ2n) is 1.76. The Morgan fingerprint density at radius 2 is 2.11 bits per heavy atom. The van der Waals surface area contributed by atoms with E-state index in [0.717, 1.165) is 19.4 Å². The van der Waals surface area contributed by atoms with Gasteiger partial charge in [-0.1, -0.05) is 0 Å². The topological polar surface area (TPSA) is 12.0 Å². The Kier molecular flexibility index (Phi) is 13.8. The quantitative estimate of drug-likeness (QED) is 0.469. The van der Waals surface area contributed by atoms with Gasteiger partial charge in [0.25, 0.3) is 0 Å². The number of halogens is 1. The van der Waals surface area contributed by atoms with Gasteiger partial charge in [-0.15, -0.1) is 24.8 Å². The van der Waals surface area contributed by atoms with E-state index in [1.165, 1.54) is 6.42 Å². The minimum absolute atomic E-state index is 0. The normalized spacial score (nSPS) is 7.56. The highest BCUT2D eigenvalue weighted by atomic mass is 35.5. The van der Waals surface area contributed by atoms with E-state index in [4.69, 9.17) is 6.42 Å². The van der Waals surface area contributed by atoms with Crippen molar-refractivity contribution in [1.82, 2.24) is 5.32 Å². The molecule has 0 spiro atoms. The molecule has 0 rings (SSSR count). The van der Waals surface area contributed by atoms with Crippen molar-refractivity contribution in [1.29, 1.82) is 0 Å². The van der Waals surface area contributed by atoms with Crippen molar-refractivity contribution in [3.63, 3.8) is 0 Å². The van der Waals surface area contributed by atoms with Crippen LogP contribution in [0.4, 0.5) is 0 Å². The van der Waals surface area contributed by atoms with Crippen molar-refractivity contribution < 1.29 is 0 Å². The Labute approximate surface area is 63.6 Å². The van der Waals surface area contributed by atoms with E-state index in [2.05, 4.69) is 11.2 Å². The number of hydrogen-bond acceptors (Lipinski definition) is 1. The Morgan fingerprint density at radius 1 is 1.44 bits per heavy atom. The Morgan fingerprint density at radius 3 is 2.56 bits per heavy atom. The highest BCUT2D eigenvalue weighted by Gasteiger charge is 1.80. The van der Waals surface area contributed by atoms with Crippen LogP contribution in [0.2, 0.25) is 0 Å². The van der Waals surface area contributed by atoms with Crippen molar-refractivity contribution in [3.8, 4) is 12.3 Å². The summed E-state index contributed by atoms with van der Waals surface area (Å²) < 4.78 is 0. The first-order valence-corrected chi connectivity index (χ1v) is 3.00. The van der Waals surface area contributed by atoms with Crippen molar-refractivity contribution >= 4 is 12.4 Å². The molecule has 0 aliphatic carbocycles. The molecule has 0 amide bonds. The van der Waals surface area contributed by atoms with Crippen LogP contribution < -0.4 is 5.32 Å². The molecule has 0 unspecified atom stereocenters. The van der Waals surface area contributed by atoms with E-state index in [1.807, 2.05) is 7.05 Å². The second kappa shape index (κ2) is 10.7. The fraction of sp³-hybridized carbons (Fsp3) is 0.714. The maximum Gasteiger partial charge on any atom is 0.00865 e. The van der Waals surface area contributed by atoms with Gasteiger partial charge in [0.15, 0.2) is 0 Å². The maximum atomic E-state index is 5.04. The van der Waals surface area contributed by atoms with E-state index in [1.54, 1.807) is 0 Å². The van der Waals surface area contributed by atoms with E-state index in [-0.39, 0.29) is 12.4 Å². The molecular formula is C7H14ClN. The molecule has 1 nitrogen and oxygen atoms in total. The monoisotopic (exact) mass is 147 g/mol. The third-order valence-electron chi connectivity index (χ3n) is 0.998. The van der Waals surface area contributed by atoms with Crippen LogP contribution in [0.3, 0.4) is 0 Å². The minimum Gasteiger partial charge on any atom is -0.320 e. The molecule has 0 aliphatic heterocycles. The van der Waals surface area contributed by atoms with E-state index in [9.17, 15) is 0 Å². The SMILES string of the molecule is C#CCCCCNC.Cl. The Hall–Kier alpha value is -0.190. The second-order valence-corrected chi connectivity index (χ2v) is 1.76. The molecule has 0 bridgehead atoms. The lowest BCUT2D eigenvalue weighted by molar-refractivity contribution is 0.690. The fourth-order valence-corrected chi connectivity index (χ4v) is 0.529. The molecule has 0 aromatic rings. The Bertz CT molecular complexity index is 75.5. The van der Waals surface area contributed by atoms with Crippen LogP contribution in [0.15, 0.2) is 0 Å². The summed E-state index contributed by atoms with van der Waals surface area (Å²) in [6, 6.07) is 0. The van der Waals surface area contributed by atoms with Gasteiger partial charge in [0.2, 0.25) is 0 Å². The van der Waals surface area contributed by atoms with Gasteiger partial charge in [-0.05, 0) is 26.4 Å². The minimum atomic E-state index is 0. The zero-order valence-corrected chi connectivity index (χ0v) is 6.63. The van der Waals surface area contributed by atoms with Gasteiger partial charge in [0.1, 0.15) is 0 Å². The summed E-state index contributed by atoms with van der Waals surface area (Å²) in [7, 11) is 1.95. The van der Waals surface area contributed by atoms with Gasteiger partial charge in [-0.2, -0.15) is 0 Å². The predicted octanol–water partition coefficient (Wildman–Crippen LogP) is 1.43. The summed E-state index contributed by atoms with van der Waals surface area (Å²) in [5.74, 6) is 2.60. The molecule has 0 aromatic heterocycles. The van der Waals surface area contributed by atoms with Gasteiger partial charge < -0.3 is 5.32 Å². The summed E-state index contributed by atoms with van der Waals surface area (Å²) in [5, 5.41) is 3.06. The lowest BCUT2D eigenvalue weighted by atomic mass is 10.2. The summed E-state index contributed by atoms with van der Waals surface area (Å²) in [6.45, 7) is 1.08. The molecule has 9 heavy (non-hydrogen) atoms. The number of hydrogen-bond donors (Lipinski definition) is 1. The van der Waals surface area contributed by atoms with E-state index >= 15 is 0 Å². The number of unbranched alkanes of at least 4 members (excludes halogenated alkanes) is 2. The van der Waals surface area contributed by atoms with Gasteiger partial charge in [0, 0.05) is 6.42 Å². The molecule has 0 aliphatic rings. The largest absolute Gasteiger partial charge is 0.320 e. The molecule has 54 valence electrons. The third kappa shape index (κ3) is 11.4.